The topological polar surface area (TPSA) is 34.1 Å². The van der Waals surface area contributed by atoms with Crippen LogP contribution in [0, 0.1) is 11.6 Å². The van der Waals surface area contributed by atoms with E-state index in [9.17, 15) is 8.78 Å². The summed E-state index contributed by atoms with van der Waals surface area (Å²) in [5, 5.41) is 3.83. The first kappa shape index (κ1) is 13.3. The van der Waals surface area contributed by atoms with Crippen molar-refractivity contribution in [1.82, 2.24) is 4.98 Å². The number of anilines is 2. The lowest BCUT2D eigenvalue weighted by Gasteiger charge is -2.09. The fourth-order valence-electron chi connectivity index (χ4n) is 2.10. The number of benzene rings is 2. The Kier molecular flexibility index (Phi) is 3.39. The number of ether oxygens (including phenoxy) is 1. The molecule has 106 valence electrons. The van der Waals surface area contributed by atoms with Crippen LogP contribution in [-0.4, -0.2) is 12.1 Å². The normalized spacial score (nSPS) is 10.6. The van der Waals surface area contributed by atoms with Crippen molar-refractivity contribution in [3.05, 3.63) is 60.2 Å². The highest BCUT2D eigenvalue weighted by Gasteiger charge is 2.06. The van der Waals surface area contributed by atoms with Crippen molar-refractivity contribution >= 4 is 22.4 Å². The fourth-order valence-corrected chi connectivity index (χ4v) is 2.10. The Morgan fingerprint density at radius 2 is 1.86 bits per heavy atom. The summed E-state index contributed by atoms with van der Waals surface area (Å²) in [6, 6.07) is 12.8. The fraction of sp³-hybridized carbons (Fsp3) is 0.0625. The number of aromatic nitrogens is 1. The molecule has 5 heteroatoms. The van der Waals surface area contributed by atoms with Crippen LogP contribution in [0.2, 0.25) is 0 Å². The van der Waals surface area contributed by atoms with Crippen molar-refractivity contribution in [1.29, 1.82) is 0 Å². The first-order valence-electron chi connectivity index (χ1n) is 6.33. The van der Waals surface area contributed by atoms with Crippen LogP contribution in [0.5, 0.6) is 5.75 Å². The van der Waals surface area contributed by atoms with E-state index in [0.717, 1.165) is 28.8 Å². The number of pyridine rings is 1. The van der Waals surface area contributed by atoms with E-state index in [1.165, 1.54) is 6.07 Å². The van der Waals surface area contributed by atoms with Gasteiger partial charge in [-0.05, 0) is 36.4 Å². The molecule has 0 aliphatic rings. The molecular formula is C16H12F2N2O. The summed E-state index contributed by atoms with van der Waals surface area (Å²) in [7, 11) is 1.60. The lowest BCUT2D eigenvalue weighted by molar-refractivity contribution is 0.420. The predicted molar refractivity (Wildman–Crippen MR) is 77.9 cm³/mol. The van der Waals surface area contributed by atoms with E-state index in [1.54, 1.807) is 13.2 Å². The SMILES string of the molecule is COc1cccc2nc(Nc3ccc(F)c(F)c3)ccc12. The molecule has 1 heterocycles. The van der Waals surface area contributed by atoms with Gasteiger partial charge in [-0.15, -0.1) is 0 Å². The molecule has 0 aliphatic heterocycles. The van der Waals surface area contributed by atoms with Crippen molar-refractivity contribution in [3.8, 4) is 5.75 Å². The molecule has 0 fully saturated rings. The number of nitrogens with one attached hydrogen (secondary N) is 1. The minimum atomic E-state index is -0.901. The summed E-state index contributed by atoms with van der Waals surface area (Å²) >= 11 is 0. The number of nitrogens with zero attached hydrogens (tertiary/aromatic N) is 1. The second-order valence-electron chi connectivity index (χ2n) is 4.48. The monoisotopic (exact) mass is 286 g/mol. The molecule has 3 nitrogen and oxygen atoms in total. The van der Waals surface area contributed by atoms with E-state index < -0.39 is 11.6 Å². The van der Waals surface area contributed by atoms with Crippen LogP contribution in [0.1, 0.15) is 0 Å². The second kappa shape index (κ2) is 5.36. The molecule has 1 N–H and O–H groups in total. The lowest BCUT2D eigenvalue weighted by Crippen LogP contribution is -1.96. The van der Waals surface area contributed by atoms with Crippen molar-refractivity contribution < 1.29 is 13.5 Å². The van der Waals surface area contributed by atoms with Gasteiger partial charge in [0.05, 0.1) is 12.6 Å². The molecule has 21 heavy (non-hydrogen) atoms. The van der Waals surface area contributed by atoms with Gasteiger partial charge in [0.25, 0.3) is 0 Å². The number of hydrogen-bond acceptors (Lipinski definition) is 3. The van der Waals surface area contributed by atoms with Crippen LogP contribution >= 0.6 is 0 Å². The van der Waals surface area contributed by atoms with Crippen LogP contribution < -0.4 is 10.1 Å². The summed E-state index contributed by atoms with van der Waals surface area (Å²) < 4.78 is 31.3. The summed E-state index contributed by atoms with van der Waals surface area (Å²) in [6.45, 7) is 0. The Morgan fingerprint density at radius 1 is 1.00 bits per heavy atom. The molecule has 0 bridgehead atoms. The summed E-state index contributed by atoms with van der Waals surface area (Å²) in [5.41, 5.74) is 1.19. The highest BCUT2D eigenvalue weighted by atomic mass is 19.2. The van der Waals surface area contributed by atoms with Gasteiger partial charge < -0.3 is 10.1 Å². The van der Waals surface area contributed by atoms with Crippen molar-refractivity contribution in [3.63, 3.8) is 0 Å². The van der Waals surface area contributed by atoms with E-state index in [1.807, 2.05) is 24.3 Å². The van der Waals surface area contributed by atoms with Gasteiger partial charge in [0.2, 0.25) is 0 Å². The average Bonchev–Trinajstić information content (AvgIpc) is 2.50. The van der Waals surface area contributed by atoms with E-state index in [-0.39, 0.29) is 0 Å². The molecule has 2 aromatic carbocycles. The summed E-state index contributed by atoms with van der Waals surface area (Å²) in [5.74, 6) is -0.500. The lowest BCUT2D eigenvalue weighted by atomic mass is 10.2. The van der Waals surface area contributed by atoms with Gasteiger partial charge in [-0.25, -0.2) is 13.8 Å². The number of fused-ring (bicyclic) bond motifs is 1. The molecule has 0 amide bonds. The van der Waals surface area contributed by atoms with Crippen molar-refractivity contribution in [2.45, 2.75) is 0 Å². The zero-order valence-corrected chi connectivity index (χ0v) is 11.2. The average molecular weight is 286 g/mol. The maximum Gasteiger partial charge on any atom is 0.160 e. The third kappa shape index (κ3) is 2.63. The first-order chi connectivity index (χ1) is 10.2. The van der Waals surface area contributed by atoms with Gasteiger partial charge in [0, 0.05) is 17.1 Å². The van der Waals surface area contributed by atoms with Crippen LogP contribution in [-0.2, 0) is 0 Å². The molecule has 0 radical (unpaired) electrons. The van der Waals surface area contributed by atoms with Crippen LogP contribution in [0.3, 0.4) is 0 Å². The third-order valence-electron chi connectivity index (χ3n) is 3.10. The standard InChI is InChI=1S/C16H12F2N2O/c1-21-15-4-2-3-14-11(15)6-8-16(20-14)19-10-5-7-12(17)13(18)9-10/h2-9H,1H3,(H,19,20). The molecule has 1 aromatic heterocycles. The molecule has 3 aromatic rings. The highest BCUT2D eigenvalue weighted by molar-refractivity contribution is 5.86. The van der Waals surface area contributed by atoms with Crippen LogP contribution in [0.15, 0.2) is 48.5 Å². The summed E-state index contributed by atoms with van der Waals surface area (Å²) in [6.07, 6.45) is 0. The minimum Gasteiger partial charge on any atom is -0.496 e. The number of methoxy groups -OCH3 is 1. The van der Waals surface area contributed by atoms with Gasteiger partial charge in [0.15, 0.2) is 11.6 Å². The molecule has 0 aliphatic carbocycles. The Balaban J connectivity index is 1.96. The van der Waals surface area contributed by atoms with Crippen LogP contribution in [0.4, 0.5) is 20.3 Å². The van der Waals surface area contributed by atoms with Gasteiger partial charge in [-0.2, -0.15) is 0 Å². The molecular weight excluding hydrogens is 274 g/mol. The molecule has 3 rings (SSSR count). The van der Waals surface area contributed by atoms with Crippen molar-refractivity contribution in [2.24, 2.45) is 0 Å². The number of hydrogen-bond donors (Lipinski definition) is 1. The molecule has 0 spiro atoms. The molecule has 0 saturated heterocycles. The van der Waals surface area contributed by atoms with Gasteiger partial charge in [-0.1, -0.05) is 6.07 Å². The Labute approximate surface area is 120 Å². The van der Waals surface area contributed by atoms with Gasteiger partial charge in [0.1, 0.15) is 11.6 Å². The highest BCUT2D eigenvalue weighted by Crippen LogP contribution is 2.26. The van der Waals surface area contributed by atoms with Gasteiger partial charge >= 0.3 is 0 Å². The van der Waals surface area contributed by atoms with E-state index in [0.29, 0.717) is 11.5 Å². The summed E-state index contributed by atoms with van der Waals surface area (Å²) in [4.78, 5) is 4.42. The molecule has 0 saturated carbocycles. The Hall–Kier alpha value is -2.69. The predicted octanol–water partition coefficient (Wildman–Crippen LogP) is 4.27. The van der Waals surface area contributed by atoms with Gasteiger partial charge in [-0.3, -0.25) is 0 Å². The smallest absolute Gasteiger partial charge is 0.160 e. The second-order valence-corrected chi connectivity index (χ2v) is 4.48. The third-order valence-corrected chi connectivity index (χ3v) is 3.10. The largest absolute Gasteiger partial charge is 0.496 e. The number of halogens is 2. The Morgan fingerprint density at radius 3 is 2.62 bits per heavy atom. The van der Waals surface area contributed by atoms with Crippen LogP contribution in [0.25, 0.3) is 10.9 Å². The molecule has 0 atom stereocenters. The number of rotatable bonds is 3. The Bertz CT molecular complexity index is 805. The van der Waals surface area contributed by atoms with E-state index in [2.05, 4.69) is 10.3 Å². The quantitative estimate of drug-likeness (QED) is 0.781. The maximum absolute atomic E-state index is 13.2. The van der Waals surface area contributed by atoms with E-state index in [4.69, 9.17) is 4.74 Å². The van der Waals surface area contributed by atoms with Crippen molar-refractivity contribution in [2.75, 3.05) is 12.4 Å². The minimum absolute atomic E-state index is 0.434. The van der Waals surface area contributed by atoms with E-state index >= 15 is 0 Å². The molecule has 0 unspecified atom stereocenters. The zero-order chi connectivity index (χ0) is 14.8. The zero-order valence-electron chi connectivity index (χ0n) is 11.2. The maximum atomic E-state index is 13.2. The first-order valence-corrected chi connectivity index (χ1v) is 6.33.